The van der Waals surface area contributed by atoms with E-state index in [0.717, 1.165) is 0 Å². The number of benzene rings is 2. The first-order valence-electron chi connectivity index (χ1n) is 8.29. The average molecular weight is 353 g/mol. The van der Waals surface area contributed by atoms with Gasteiger partial charge in [0, 0.05) is 0 Å². The first-order valence-corrected chi connectivity index (χ1v) is 8.29. The number of ether oxygens (including phenoxy) is 2. The van der Waals surface area contributed by atoms with Gasteiger partial charge in [-0.05, 0) is 22.3 Å². The highest BCUT2D eigenvalue weighted by Gasteiger charge is 2.69. The van der Waals surface area contributed by atoms with Crippen LogP contribution in [0.5, 0.6) is 0 Å². The van der Waals surface area contributed by atoms with Crippen LogP contribution in [0.4, 0.5) is 0 Å². The number of methoxy groups -OCH3 is 2. The van der Waals surface area contributed by atoms with Crippen molar-refractivity contribution in [2.75, 3.05) is 14.2 Å². The van der Waals surface area contributed by atoms with Crippen molar-refractivity contribution in [2.24, 2.45) is 17.6 Å². The first kappa shape index (κ1) is 16.8. The third-order valence-electron chi connectivity index (χ3n) is 5.75. The van der Waals surface area contributed by atoms with E-state index in [9.17, 15) is 14.7 Å². The van der Waals surface area contributed by atoms with Crippen LogP contribution in [0.15, 0.2) is 48.5 Å². The summed E-state index contributed by atoms with van der Waals surface area (Å²) in [6.45, 7) is 0. The number of aliphatic hydroxyl groups is 1. The van der Waals surface area contributed by atoms with Gasteiger partial charge in [-0.3, -0.25) is 9.59 Å². The maximum Gasteiger partial charge on any atom is 0.313 e. The summed E-state index contributed by atoms with van der Waals surface area (Å²) >= 11 is 0. The van der Waals surface area contributed by atoms with Crippen LogP contribution in [0.2, 0.25) is 0 Å². The van der Waals surface area contributed by atoms with Gasteiger partial charge in [-0.15, -0.1) is 0 Å². The molecule has 5 rings (SSSR count). The van der Waals surface area contributed by atoms with E-state index in [-0.39, 0.29) is 0 Å². The van der Waals surface area contributed by atoms with Gasteiger partial charge in [0.05, 0.1) is 25.7 Å². The predicted molar refractivity (Wildman–Crippen MR) is 91.9 cm³/mol. The van der Waals surface area contributed by atoms with Gasteiger partial charge in [0.1, 0.15) is 11.5 Å². The van der Waals surface area contributed by atoms with Gasteiger partial charge in [0.2, 0.25) is 0 Å². The zero-order valence-electron chi connectivity index (χ0n) is 14.4. The minimum absolute atomic E-state index is 0.511. The molecule has 2 bridgehead atoms. The summed E-state index contributed by atoms with van der Waals surface area (Å²) in [5, 5.41) is 11.8. The van der Waals surface area contributed by atoms with Crippen molar-refractivity contribution in [1.82, 2.24) is 0 Å². The van der Waals surface area contributed by atoms with E-state index in [4.69, 9.17) is 15.2 Å². The predicted octanol–water partition coefficient (Wildman–Crippen LogP) is 1.03. The van der Waals surface area contributed by atoms with Gasteiger partial charge < -0.3 is 20.3 Å². The van der Waals surface area contributed by atoms with Crippen LogP contribution >= 0.6 is 0 Å². The molecule has 3 N–H and O–H groups in total. The van der Waals surface area contributed by atoms with Crippen LogP contribution < -0.4 is 5.73 Å². The van der Waals surface area contributed by atoms with Gasteiger partial charge in [-0.2, -0.15) is 0 Å². The van der Waals surface area contributed by atoms with E-state index in [2.05, 4.69) is 0 Å². The number of carbonyl (C=O) groups is 2. The second-order valence-corrected chi connectivity index (χ2v) is 6.73. The third kappa shape index (κ3) is 1.73. The summed E-state index contributed by atoms with van der Waals surface area (Å²) in [5.74, 6) is -3.70. The van der Waals surface area contributed by atoms with Crippen molar-refractivity contribution in [2.45, 2.75) is 11.1 Å². The highest BCUT2D eigenvalue weighted by molar-refractivity contribution is 5.89. The summed E-state index contributed by atoms with van der Waals surface area (Å²) in [6.07, 6.45) is 0. The summed E-state index contributed by atoms with van der Waals surface area (Å²) in [5.41, 5.74) is 6.05. The minimum Gasteiger partial charge on any atom is -0.469 e. The Hall–Kier alpha value is -2.70. The third-order valence-corrected chi connectivity index (χ3v) is 5.75. The van der Waals surface area contributed by atoms with Crippen molar-refractivity contribution in [3.05, 3.63) is 70.8 Å². The standard InChI is InChI=1S/C20H19NO5/c1-25-17(22)15-16(18(23)26-2)20(24)13-9-5-3-7-11(13)19(15,21)12-8-4-6-10-14(12)20/h3-10,15-16,24H,21H2,1-2H3/t15-,16-,19?,20?/m1/s1. The SMILES string of the molecule is COC(=O)[C@H]1[C@H](C(=O)OC)C2(O)c3ccccc3C1(N)c1ccccc12. The highest BCUT2D eigenvalue weighted by Crippen LogP contribution is 2.61. The van der Waals surface area contributed by atoms with Crippen LogP contribution in [0.1, 0.15) is 22.3 Å². The lowest BCUT2D eigenvalue weighted by Crippen LogP contribution is -2.68. The van der Waals surface area contributed by atoms with E-state index in [1.807, 2.05) is 0 Å². The lowest BCUT2D eigenvalue weighted by molar-refractivity contribution is -0.176. The van der Waals surface area contributed by atoms with Crippen molar-refractivity contribution in [3.8, 4) is 0 Å². The van der Waals surface area contributed by atoms with Gasteiger partial charge in [0.15, 0.2) is 0 Å². The molecular formula is C20H19NO5. The number of nitrogens with two attached hydrogens (primary N) is 1. The molecule has 2 aromatic carbocycles. The number of hydrogen-bond donors (Lipinski definition) is 2. The quantitative estimate of drug-likeness (QED) is 0.783. The van der Waals surface area contributed by atoms with Crippen molar-refractivity contribution < 1.29 is 24.2 Å². The molecular weight excluding hydrogens is 334 g/mol. The Labute approximate surface area is 150 Å². The zero-order valence-corrected chi connectivity index (χ0v) is 14.4. The largest absolute Gasteiger partial charge is 0.469 e. The van der Waals surface area contributed by atoms with Crippen LogP contribution in [0.3, 0.4) is 0 Å². The molecule has 0 spiro atoms. The van der Waals surface area contributed by atoms with Gasteiger partial charge in [-0.25, -0.2) is 0 Å². The molecule has 6 nitrogen and oxygen atoms in total. The summed E-state index contributed by atoms with van der Waals surface area (Å²) in [4.78, 5) is 25.4. The Morgan fingerprint density at radius 1 is 0.846 bits per heavy atom. The fraction of sp³-hybridized carbons (Fsp3) is 0.300. The molecule has 2 atom stereocenters. The molecule has 0 unspecified atom stereocenters. The van der Waals surface area contributed by atoms with Gasteiger partial charge in [-0.1, -0.05) is 48.5 Å². The molecule has 3 aliphatic carbocycles. The second kappa shape index (κ2) is 5.40. The van der Waals surface area contributed by atoms with Crippen LogP contribution in [-0.2, 0) is 30.2 Å². The lowest BCUT2D eigenvalue weighted by atomic mass is 9.48. The summed E-state index contributed by atoms with van der Waals surface area (Å²) < 4.78 is 9.91. The monoisotopic (exact) mass is 353 g/mol. The molecule has 0 aliphatic heterocycles. The van der Waals surface area contributed by atoms with Crippen molar-refractivity contribution in [1.29, 1.82) is 0 Å². The second-order valence-electron chi connectivity index (χ2n) is 6.73. The molecule has 134 valence electrons. The first-order chi connectivity index (χ1) is 12.4. The maximum atomic E-state index is 12.7. The molecule has 0 amide bonds. The maximum absolute atomic E-state index is 12.7. The molecule has 0 fully saturated rings. The zero-order chi connectivity index (χ0) is 18.7. The van der Waals surface area contributed by atoms with Crippen LogP contribution in [0, 0.1) is 11.8 Å². The lowest BCUT2D eigenvalue weighted by Gasteiger charge is -2.57. The number of hydrogen-bond acceptors (Lipinski definition) is 6. The number of fused-ring (bicyclic) bond motifs is 1. The molecule has 0 saturated carbocycles. The summed E-state index contributed by atoms with van der Waals surface area (Å²) in [7, 11) is 2.47. The molecule has 3 aliphatic rings. The molecule has 26 heavy (non-hydrogen) atoms. The number of rotatable bonds is 2. The summed E-state index contributed by atoms with van der Waals surface area (Å²) in [6, 6.07) is 14.1. The molecule has 6 heteroatoms. The number of carbonyl (C=O) groups excluding carboxylic acids is 2. The van der Waals surface area contributed by atoms with Crippen LogP contribution in [0.25, 0.3) is 0 Å². The normalized spacial score (nSPS) is 30.9. The molecule has 0 aromatic heterocycles. The number of esters is 2. The van der Waals surface area contributed by atoms with Crippen molar-refractivity contribution in [3.63, 3.8) is 0 Å². The van der Waals surface area contributed by atoms with E-state index in [1.54, 1.807) is 48.5 Å². The fourth-order valence-electron chi connectivity index (χ4n) is 4.70. The van der Waals surface area contributed by atoms with Gasteiger partial charge >= 0.3 is 11.9 Å². The molecule has 0 heterocycles. The molecule has 0 radical (unpaired) electrons. The smallest absolute Gasteiger partial charge is 0.313 e. The Kier molecular flexibility index (Phi) is 3.48. The van der Waals surface area contributed by atoms with E-state index < -0.39 is 34.9 Å². The van der Waals surface area contributed by atoms with E-state index in [1.165, 1.54) is 14.2 Å². The minimum atomic E-state index is -1.74. The van der Waals surface area contributed by atoms with Gasteiger partial charge in [0.25, 0.3) is 0 Å². The Bertz CT molecular complexity index is 800. The molecule has 2 aromatic rings. The van der Waals surface area contributed by atoms with Crippen LogP contribution in [-0.4, -0.2) is 31.3 Å². The molecule has 0 saturated heterocycles. The van der Waals surface area contributed by atoms with Crippen molar-refractivity contribution >= 4 is 11.9 Å². The topological polar surface area (TPSA) is 98.9 Å². The Morgan fingerprint density at radius 2 is 1.23 bits per heavy atom. The average Bonchev–Trinajstić information content (AvgIpc) is 2.68. The Morgan fingerprint density at radius 3 is 1.65 bits per heavy atom. The van der Waals surface area contributed by atoms with E-state index >= 15 is 0 Å². The van der Waals surface area contributed by atoms with E-state index in [0.29, 0.717) is 22.3 Å². The fourth-order valence-corrected chi connectivity index (χ4v) is 4.70. The highest BCUT2D eigenvalue weighted by atomic mass is 16.5. The Balaban J connectivity index is 2.16.